The Kier molecular flexibility index (Phi) is 3.97. The van der Waals surface area contributed by atoms with Crippen LogP contribution in [-0.2, 0) is 0 Å². The van der Waals surface area contributed by atoms with Crippen LogP contribution >= 0.6 is 0 Å². The quantitative estimate of drug-likeness (QED) is 0.555. The highest BCUT2D eigenvalue weighted by atomic mass is 19.1. The molecule has 1 amide bonds. The highest BCUT2D eigenvalue weighted by Gasteiger charge is 2.11. The van der Waals surface area contributed by atoms with Crippen LogP contribution in [0, 0.1) is 12.7 Å². The summed E-state index contributed by atoms with van der Waals surface area (Å²) in [5.74, 6) is -0.0940. The molecule has 0 fully saturated rings. The van der Waals surface area contributed by atoms with Gasteiger partial charge in [-0.1, -0.05) is 17.7 Å². The number of amides is 1. The van der Waals surface area contributed by atoms with Crippen LogP contribution in [-0.4, -0.2) is 10.9 Å². The molecule has 0 aliphatic carbocycles. The molecule has 0 spiro atoms. The van der Waals surface area contributed by atoms with E-state index in [1.807, 2.05) is 25.1 Å². The molecule has 5 heteroatoms. The number of aryl methyl sites for hydroxylation is 1. The van der Waals surface area contributed by atoms with Crippen LogP contribution in [0.1, 0.15) is 15.9 Å². The average Bonchev–Trinajstić information content (AvgIpc) is 3.05. The number of hydrogen-bond acceptors (Lipinski definition) is 3. The van der Waals surface area contributed by atoms with E-state index >= 15 is 0 Å². The number of carbonyl (C=O) groups is 1. The first kappa shape index (κ1) is 16.0. The number of hydrogen-bond donors (Lipinski definition) is 1. The van der Waals surface area contributed by atoms with Crippen molar-refractivity contribution in [2.75, 3.05) is 5.32 Å². The first-order valence-corrected chi connectivity index (χ1v) is 8.13. The maximum Gasteiger partial charge on any atom is 0.255 e. The first-order valence-electron chi connectivity index (χ1n) is 8.13. The Hall–Kier alpha value is -3.47. The summed E-state index contributed by atoms with van der Waals surface area (Å²) < 4.78 is 18.8. The zero-order chi connectivity index (χ0) is 18.1. The lowest BCUT2D eigenvalue weighted by molar-refractivity contribution is 0.102. The molecule has 0 unspecified atom stereocenters. The van der Waals surface area contributed by atoms with Crippen LogP contribution in [0.25, 0.3) is 22.6 Å². The molecule has 128 valence electrons. The van der Waals surface area contributed by atoms with E-state index in [1.165, 1.54) is 12.1 Å². The number of benzene rings is 3. The van der Waals surface area contributed by atoms with E-state index in [9.17, 15) is 9.18 Å². The van der Waals surface area contributed by atoms with Crippen molar-refractivity contribution < 1.29 is 13.6 Å². The van der Waals surface area contributed by atoms with Crippen molar-refractivity contribution in [2.24, 2.45) is 0 Å². The monoisotopic (exact) mass is 346 g/mol. The van der Waals surface area contributed by atoms with Gasteiger partial charge in [0.1, 0.15) is 11.3 Å². The van der Waals surface area contributed by atoms with Crippen LogP contribution in [0.3, 0.4) is 0 Å². The van der Waals surface area contributed by atoms with Crippen molar-refractivity contribution >= 4 is 22.7 Å². The van der Waals surface area contributed by atoms with Gasteiger partial charge in [-0.05, 0) is 61.5 Å². The van der Waals surface area contributed by atoms with Crippen molar-refractivity contribution in [1.82, 2.24) is 4.98 Å². The molecule has 0 aliphatic heterocycles. The lowest BCUT2D eigenvalue weighted by Crippen LogP contribution is -2.11. The third kappa shape index (κ3) is 3.19. The number of rotatable bonds is 3. The molecule has 1 N–H and O–H groups in total. The summed E-state index contributed by atoms with van der Waals surface area (Å²) in [6.07, 6.45) is 0. The normalized spacial score (nSPS) is 10.8. The Labute approximate surface area is 149 Å². The second-order valence-electron chi connectivity index (χ2n) is 6.03. The molecular weight excluding hydrogens is 331 g/mol. The molecule has 4 nitrogen and oxygen atoms in total. The number of oxazole rings is 1. The van der Waals surface area contributed by atoms with E-state index in [1.54, 1.807) is 36.4 Å². The molecule has 0 radical (unpaired) electrons. The minimum absolute atomic E-state index is 0.185. The molecule has 0 aliphatic rings. The van der Waals surface area contributed by atoms with Crippen LogP contribution < -0.4 is 5.32 Å². The second kappa shape index (κ2) is 6.44. The maximum absolute atomic E-state index is 13.1. The van der Waals surface area contributed by atoms with Gasteiger partial charge in [0.25, 0.3) is 5.91 Å². The third-order valence-electron chi connectivity index (χ3n) is 4.02. The minimum Gasteiger partial charge on any atom is -0.436 e. The van der Waals surface area contributed by atoms with Crippen molar-refractivity contribution in [3.05, 3.63) is 83.7 Å². The van der Waals surface area contributed by atoms with Gasteiger partial charge in [-0.15, -0.1) is 0 Å². The first-order chi connectivity index (χ1) is 12.6. The zero-order valence-corrected chi connectivity index (χ0v) is 14.0. The fraction of sp³-hybridized carbons (Fsp3) is 0.0476. The molecule has 0 atom stereocenters. The van der Waals surface area contributed by atoms with E-state index in [0.29, 0.717) is 33.8 Å². The second-order valence-corrected chi connectivity index (χ2v) is 6.03. The van der Waals surface area contributed by atoms with Crippen LogP contribution in [0.5, 0.6) is 0 Å². The van der Waals surface area contributed by atoms with E-state index in [0.717, 1.165) is 5.56 Å². The number of aromatic nitrogens is 1. The molecule has 4 rings (SSSR count). The number of nitrogens with one attached hydrogen (secondary N) is 1. The van der Waals surface area contributed by atoms with Gasteiger partial charge in [0.15, 0.2) is 5.58 Å². The van der Waals surface area contributed by atoms with Crippen molar-refractivity contribution in [2.45, 2.75) is 6.92 Å². The fourth-order valence-corrected chi connectivity index (χ4v) is 2.71. The van der Waals surface area contributed by atoms with Gasteiger partial charge in [0.2, 0.25) is 5.89 Å². The summed E-state index contributed by atoms with van der Waals surface area (Å²) in [7, 11) is 0. The van der Waals surface area contributed by atoms with Crippen LogP contribution in [0.4, 0.5) is 10.1 Å². The van der Waals surface area contributed by atoms with Crippen LogP contribution in [0.15, 0.2) is 71.1 Å². The smallest absolute Gasteiger partial charge is 0.255 e. The number of anilines is 1. The fourth-order valence-electron chi connectivity index (χ4n) is 2.71. The van der Waals surface area contributed by atoms with Crippen molar-refractivity contribution in [3.8, 4) is 11.5 Å². The van der Waals surface area contributed by atoms with Gasteiger partial charge in [-0.3, -0.25) is 4.79 Å². The highest BCUT2D eigenvalue weighted by molar-refractivity contribution is 6.05. The van der Waals surface area contributed by atoms with Crippen molar-refractivity contribution in [3.63, 3.8) is 0 Å². The standard InChI is InChI=1S/C21H15FN2O2/c1-13-3-2-4-15(11-13)20(25)23-17-9-10-19-18(12-17)24-21(26-19)14-5-7-16(22)8-6-14/h2-12H,1H3,(H,23,25). The number of nitrogens with zero attached hydrogens (tertiary/aromatic N) is 1. The number of carbonyl (C=O) groups excluding carboxylic acids is 1. The predicted molar refractivity (Wildman–Crippen MR) is 98.5 cm³/mol. The summed E-state index contributed by atoms with van der Waals surface area (Å²) in [6.45, 7) is 1.94. The Morgan fingerprint density at radius 2 is 1.85 bits per heavy atom. The Morgan fingerprint density at radius 1 is 1.04 bits per heavy atom. The molecule has 0 bridgehead atoms. The third-order valence-corrected chi connectivity index (χ3v) is 4.02. The van der Waals surface area contributed by atoms with E-state index < -0.39 is 0 Å². The average molecular weight is 346 g/mol. The lowest BCUT2D eigenvalue weighted by atomic mass is 10.1. The summed E-state index contributed by atoms with van der Waals surface area (Å²) in [4.78, 5) is 16.8. The Balaban J connectivity index is 1.61. The van der Waals surface area contributed by atoms with Gasteiger partial charge in [-0.2, -0.15) is 0 Å². The summed E-state index contributed by atoms with van der Waals surface area (Å²) in [5.41, 5.74) is 4.14. The topological polar surface area (TPSA) is 55.1 Å². The predicted octanol–water partition coefficient (Wildman–Crippen LogP) is 5.19. The van der Waals surface area contributed by atoms with Gasteiger partial charge >= 0.3 is 0 Å². The van der Waals surface area contributed by atoms with Gasteiger partial charge in [0.05, 0.1) is 0 Å². The van der Waals surface area contributed by atoms with Gasteiger partial charge in [0, 0.05) is 16.8 Å². The Morgan fingerprint density at radius 3 is 2.62 bits per heavy atom. The highest BCUT2D eigenvalue weighted by Crippen LogP contribution is 2.26. The van der Waals surface area contributed by atoms with E-state index in [2.05, 4.69) is 10.3 Å². The van der Waals surface area contributed by atoms with E-state index in [4.69, 9.17) is 4.42 Å². The molecule has 0 saturated carbocycles. The lowest BCUT2D eigenvalue weighted by Gasteiger charge is -2.05. The number of fused-ring (bicyclic) bond motifs is 1. The molecular formula is C21H15FN2O2. The molecule has 4 aromatic rings. The molecule has 1 aromatic heterocycles. The molecule has 26 heavy (non-hydrogen) atoms. The number of halogens is 1. The van der Waals surface area contributed by atoms with Crippen LogP contribution in [0.2, 0.25) is 0 Å². The Bertz CT molecular complexity index is 1100. The zero-order valence-electron chi connectivity index (χ0n) is 14.0. The largest absolute Gasteiger partial charge is 0.436 e. The summed E-state index contributed by atoms with van der Waals surface area (Å²) in [5, 5.41) is 2.86. The molecule has 1 heterocycles. The molecule has 3 aromatic carbocycles. The SMILES string of the molecule is Cc1cccc(C(=O)Nc2ccc3oc(-c4ccc(F)cc4)nc3c2)c1. The summed E-state index contributed by atoms with van der Waals surface area (Å²) in [6, 6.07) is 18.6. The van der Waals surface area contributed by atoms with Crippen molar-refractivity contribution in [1.29, 1.82) is 0 Å². The summed E-state index contributed by atoms with van der Waals surface area (Å²) >= 11 is 0. The minimum atomic E-state index is -0.314. The van der Waals surface area contributed by atoms with Gasteiger partial charge < -0.3 is 9.73 Å². The van der Waals surface area contributed by atoms with Gasteiger partial charge in [-0.25, -0.2) is 9.37 Å². The van der Waals surface area contributed by atoms with E-state index in [-0.39, 0.29) is 11.7 Å². The maximum atomic E-state index is 13.1. The molecule has 0 saturated heterocycles.